The molecule has 2 aromatic heterocycles. The number of para-hydroxylation sites is 1. The van der Waals surface area contributed by atoms with Crippen molar-refractivity contribution in [2.24, 2.45) is 0 Å². The Balaban J connectivity index is 1.39. The van der Waals surface area contributed by atoms with Crippen molar-refractivity contribution < 1.29 is 4.42 Å². The van der Waals surface area contributed by atoms with E-state index in [1.807, 2.05) is 6.07 Å². The molecule has 0 spiro atoms. The maximum atomic E-state index is 6.47. The van der Waals surface area contributed by atoms with E-state index in [1.54, 1.807) is 3.57 Å². The molecule has 0 unspecified atom stereocenters. The quantitative estimate of drug-likeness (QED) is 0.163. The van der Waals surface area contributed by atoms with Crippen LogP contribution in [0.1, 0.15) is 0 Å². The summed E-state index contributed by atoms with van der Waals surface area (Å²) in [6, 6.07) is 58.2. The standard InChI is InChI=1S/C44H26INO/c1-2-13-28(14-3-1)45-36-20-10-8-19-35(36)42-43(45)34-18-7-6-17-33(34)41-40-30-15-5-4-12-27(30)22-25-37(40)46(44(41)42)29-23-24-32-31-16-9-11-21-38(31)47-39(32)26-29/h1-26H. The molecule has 11 rings (SSSR count). The molecule has 0 saturated carbocycles. The predicted octanol–water partition coefficient (Wildman–Crippen LogP) is 12.4. The number of rotatable bonds is 2. The van der Waals surface area contributed by atoms with Crippen LogP contribution in [0.2, 0.25) is 0 Å². The average Bonchev–Trinajstić information content (AvgIpc) is 3.80. The van der Waals surface area contributed by atoms with Crippen LogP contribution >= 0.6 is 19.8 Å². The van der Waals surface area contributed by atoms with Gasteiger partial charge in [-0.1, -0.05) is 0 Å². The third-order valence-electron chi connectivity index (χ3n) is 9.86. The number of nitrogens with zero attached hydrogens (tertiary/aromatic N) is 1. The van der Waals surface area contributed by atoms with Crippen LogP contribution < -0.4 is 0 Å². The molecule has 0 N–H and O–H groups in total. The van der Waals surface area contributed by atoms with Gasteiger partial charge in [-0.2, -0.15) is 0 Å². The van der Waals surface area contributed by atoms with Crippen LogP contribution in [0.3, 0.4) is 0 Å². The monoisotopic (exact) mass is 711 g/mol. The fourth-order valence-electron chi connectivity index (χ4n) is 7.95. The number of aromatic nitrogens is 1. The van der Waals surface area contributed by atoms with E-state index < -0.39 is 19.8 Å². The van der Waals surface area contributed by atoms with Gasteiger partial charge < -0.3 is 0 Å². The van der Waals surface area contributed by atoms with E-state index in [4.69, 9.17) is 4.42 Å². The van der Waals surface area contributed by atoms with Gasteiger partial charge in [0.2, 0.25) is 0 Å². The summed E-state index contributed by atoms with van der Waals surface area (Å²) in [7, 11) is 0. The van der Waals surface area contributed by atoms with Crippen LogP contribution in [0.15, 0.2) is 162 Å². The number of fused-ring (bicyclic) bond motifs is 15. The van der Waals surface area contributed by atoms with E-state index >= 15 is 0 Å². The van der Waals surface area contributed by atoms with E-state index in [-0.39, 0.29) is 0 Å². The Bertz CT molecular complexity index is 2910. The molecule has 0 radical (unpaired) electrons. The van der Waals surface area contributed by atoms with Gasteiger partial charge in [0.25, 0.3) is 0 Å². The van der Waals surface area contributed by atoms with Crippen LogP contribution in [0, 0.1) is 10.7 Å². The third-order valence-corrected chi connectivity index (χ3v) is 16.1. The first-order valence-electron chi connectivity index (χ1n) is 16.0. The molecular formula is C44H26INO. The Morgan fingerprint density at radius 3 is 2.09 bits per heavy atom. The molecule has 10 aromatic rings. The summed E-state index contributed by atoms with van der Waals surface area (Å²) >= 11 is -2.04. The Kier molecular flexibility index (Phi) is 5.24. The number of halogens is 1. The van der Waals surface area contributed by atoms with Gasteiger partial charge in [0, 0.05) is 0 Å². The summed E-state index contributed by atoms with van der Waals surface area (Å²) in [6.45, 7) is 0. The summed E-state index contributed by atoms with van der Waals surface area (Å²) in [5.41, 5.74) is 8.25. The zero-order chi connectivity index (χ0) is 30.6. The zero-order valence-electron chi connectivity index (χ0n) is 25.2. The van der Waals surface area contributed by atoms with Crippen molar-refractivity contribution in [1.82, 2.24) is 4.57 Å². The molecule has 0 amide bonds. The number of furan rings is 1. The van der Waals surface area contributed by atoms with Crippen LogP contribution in [0.5, 0.6) is 0 Å². The Hall–Kier alpha value is -5.39. The molecule has 0 bridgehead atoms. The first kappa shape index (κ1) is 25.8. The van der Waals surface area contributed by atoms with Crippen molar-refractivity contribution in [2.75, 3.05) is 0 Å². The van der Waals surface area contributed by atoms with Crippen molar-refractivity contribution in [3.8, 4) is 16.8 Å². The maximum absolute atomic E-state index is 6.47. The molecule has 0 saturated heterocycles. The minimum atomic E-state index is -2.04. The fourth-order valence-corrected chi connectivity index (χ4v) is 14.7. The summed E-state index contributed by atoms with van der Waals surface area (Å²) in [6.07, 6.45) is 0. The van der Waals surface area contributed by atoms with E-state index in [9.17, 15) is 0 Å². The molecule has 220 valence electrons. The number of hydrogen-bond acceptors (Lipinski definition) is 1. The zero-order valence-corrected chi connectivity index (χ0v) is 27.4. The summed E-state index contributed by atoms with van der Waals surface area (Å²) < 4.78 is 13.6. The fraction of sp³-hybridized carbons (Fsp3) is 0. The first-order valence-corrected chi connectivity index (χ1v) is 19.3. The third kappa shape index (κ3) is 3.44. The van der Waals surface area contributed by atoms with Gasteiger partial charge in [-0.15, -0.1) is 0 Å². The molecule has 1 aliphatic heterocycles. The molecule has 8 aromatic carbocycles. The van der Waals surface area contributed by atoms with Crippen molar-refractivity contribution in [3.63, 3.8) is 0 Å². The number of hydrogen-bond donors (Lipinski definition) is 0. The second kappa shape index (κ2) is 9.57. The average molecular weight is 712 g/mol. The van der Waals surface area contributed by atoms with Gasteiger partial charge in [0.15, 0.2) is 0 Å². The van der Waals surface area contributed by atoms with Crippen LogP contribution in [-0.2, 0) is 0 Å². The van der Waals surface area contributed by atoms with Gasteiger partial charge in [-0.3, -0.25) is 0 Å². The normalized spacial score (nSPS) is 13.4. The van der Waals surface area contributed by atoms with Gasteiger partial charge in [-0.25, -0.2) is 0 Å². The van der Waals surface area contributed by atoms with Gasteiger partial charge in [0.05, 0.1) is 0 Å². The molecule has 47 heavy (non-hydrogen) atoms. The summed E-state index contributed by atoms with van der Waals surface area (Å²) in [5.74, 6) is 0. The first-order chi connectivity index (χ1) is 23.3. The van der Waals surface area contributed by atoms with Crippen molar-refractivity contribution in [2.45, 2.75) is 0 Å². The van der Waals surface area contributed by atoms with E-state index in [1.165, 1.54) is 61.6 Å². The Morgan fingerprint density at radius 1 is 0.489 bits per heavy atom. The van der Waals surface area contributed by atoms with Crippen molar-refractivity contribution in [1.29, 1.82) is 0 Å². The van der Waals surface area contributed by atoms with Crippen LogP contribution in [-0.4, -0.2) is 4.57 Å². The molecule has 1 aliphatic rings. The van der Waals surface area contributed by atoms with Crippen LogP contribution in [0.25, 0.3) is 82.1 Å². The SMILES string of the molecule is c1ccc(I2c3ccccc3-c3c2c2ccccc2c2c4c5ccccc5ccc4n(-c4ccc5c(c4)oc4ccccc45)c32)cc1. The molecule has 0 aliphatic carbocycles. The topological polar surface area (TPSA) is 18.1 Å². The van der Waals surface area contributed by atoms with Gasteiger partial charge in [0.1, 0.15) is 0 Å². The molecule has 2 nitrogen and oxygen atoms in total. The summed E-state index contributed by atoms with van der Waals surface area (Å²) in [5, 5.41) is 10.2. The second-order valence-corrected chi connectivity index (χ2v) is 17.4. The van der Waals surface area contributed by atoms with Gasteiger partial charge >= 0.3 is 279 Å². The van der Waals surface area contributed by atoms with E-state index in [0.29, 0.717) is 0 Å². The van der Waals surface area contributed by atoms with E-state index in [2.05, 4.69) is 156 Å². The minimum absolute atomic E-state index is 0.912. The van der Waals surface area contributed by atoms with Crippen molar-refractivity contribution in [3.05, 3.63) is 168 Å². The number of benzene rings is 8. The Morgan fingerprint density at radius 2 is 1.19 bits per heavy atom. The molecular weight excluding hydrogens is 685 g/mol. The second-order valence-electron chi connectivity index (χ2n) is 12.3. The Labute approximate surface area is 277 Å². The summed E-state index contributed by atoms with van der Waals surface area (Å²) in [4.78, 5) is 0. The van der Waals surface area contributed by atoms with Gasteiger partial charge in [-0.05, 0) is 0 Å². The molecule has 0 atom stereocenters. The van der Waals surface area contributed by atoms with E-state index in [0.717, 1.165) is 27.6 Å². The molecule has 3 heteroatoms. The van der Waals surface area contributed by atoms with Crippen molar-refractivity contribution >= 4 is 85.1 Å². The predicted molar refractivity (Wildman–Crippen MR) is 205 cm³/mol. The molecule has 0 fully saturated rings. The van der Waals surface area contributed by atoms with Crippen LogP contribution in [0.4, 0.5) is 0 Å². The molecule has 3 heterocycles.